The second kappa shape index (κ2) is 4.01. The van der Waals surface area contributed by atoms with Gasteiger partial charge in [-0.25, -0.2) is 0 Å². The number of likely N-dealkylation sites (N-methyl/N-ethyl adjacent to an activating group) is 1. The Kier molecular flexibility index (Phi) is 2.73. The van der Waals surface area contributed by atoms with Gasteiger partial charge in [0, 0.05) is 24.8 Å². The molecule has 0 radical (unpaired) electrons. The monoisotopic (exact) mass is 190 g/mol. The van der Waals surface area contributed by atoms with Crippen LogP contribution in [0.3, 0.4) is 0 Å². The molecule has 1 aromatic carbocycles. The largest absolute Gasteiger partial charge is 0.383 e. The summed E-state index contributed by atoms with van der Waals surface area (Å²) in [6, 6.07) is 9.24. The van der Waals surface area contributed by atoms with Gasteiger partial charge in [-0.15, -0.1) is 0 Å². The van der Waals surface area contributed by atoms with E-state index in [-0.39, 0.29) is 0 Å². The van der Waals surface area contributed by atoms with Crippen molar-refractivity contribution >= 4 is 5.69 Å². The average molecular weight is 190 g/mol. The SMILES string of the molecule is CCC1CNc2ccccc2CN1C. The summed E-state index contributed by atoms with van der Waals surface area (Å²) in [5, 5.41) is 3.51. The van der Waals surface area contributed by atoms with Crippen molar-refractivity contribution < 1.29 is 0 Å². The first-order valence-corrected chi connectivity index (χ1v) is 5.33. The summed E-state index contributed by atoms with van der Waals surface area (Å²) in [4.78, 5) is 2.43. The minimum absolute atomic E-state index is 0.655. The van der Waals surface area contributed by atoms with Gasteiger partial charge >= 0.3 is 0 Å². The molecule has 0 aliphatic carbocycles. The van der Waals surface area contributed by atoms with Crippen LogP contribution in [0, 0.1) is 0 Å². The van der Waals surface area contributed by atoms with Crippen LogP contribution in [0.1, 0.15) is 18.9 Å². The second-order valence-electron chi connectivity index (χ2n) is 4.02. The molecule has 1 aromatic rings. The first-order chi connectivity index (χ1) is 6.81. The molecular formula is C12H18N2. The predicted molar refractivity (Wildman–Crippen MR) is 60.5 cm³/mol. The molecule has 1 aliphatic rings. The highest BCUT2D eigenvalue weighted by atomic mass is 15.2. The van der Waals surface area contributed by atoms with E-state index in [1.165, 1.54) is 17.7 Å². The number of hydrogen-bond acceptors (Lipinski definition) is 2. The van der Waals surface area contributed by atoms with Gasteiger partial charge < -0.3 is 5.32 Å². The van der Waals surface area contributed by atoms with Gasteiger partial charge in [0.25, 0.3) is 0 Å². The Morgan fingerprint density at radius 1 is 1.43 bits per heavy atom. The van der Waals surface area contributed by atoms with E-state index in [1.807, 2.05) is 0 Å². The molecule has 0 spiro atoms. The van der Waals surface area contributed by atoms with Crippen molar-refractivity contribution in [3.8, 4) is 0 Å². The fourth-order valence-corrected chi connectivity index (χ4v) is 2.07. The van der Waals surface area contributed by atoms with E-state index in [1.54, 1.807) is 0 Å². The summed E-state index contributed by atoms with van der Waals surface area (Å²) in [5.74, 6) is 0. The van der Waals surface area contributed by atoms with Crippen molar-refractivity contribution in [1.29, 1.82) is 0 Å². The molecule has 76 valence electrons. The third-order valence-electron chi connectivity index (χ3n) is 3.06. The fourth-order valence-electron chi connectivity index (χ4n) is 2.07. The number of nitrogens with one attached hydrogen (secondary N) is 1. The molecule has 0 aromatic heterocycles. The molecule has 0 amide bonds. The van der Waals surface area contributed by atoms with Crippen LogP contribution in [0.2, 0.25) is 0 Å². The van der Waals surface area contributed by atoms with Gasteiger partial charge in [-0.3, -0.25) is 4.90 Å². The molecule has 2 rings (SSSR count). The smallest absolute Gasteiger partial charge is 0.0386 e. The minimum Gasteiger partial charge on any atom is -0.383 e. The normalized spacial score (nSPS) is 22.3. The van der Waals surface area contributed by atoms with Crippen molar-refractivity contribution in [3.05, 3.63) is 29.8 Å². The first-order valence-electron chi connectivity index (χ1n) is 5.33. The van der Waals surface area contributed by atoms with E-state index < -0.39 is 0 Å². The Morgan fingerprint density at radius 2 is 2.21 bits per heavy atom. The quantitative estimate of drug-likeness (QED) is 0.731. The number of para-hydroxylation sites is 1. The molecular weight excluding hydrogens is 172 g/mol. The maximum atomic E-state index is 3.51. The lowest BCUT2D eigenvalue weighted by Crippen LogP contribution is -2.33. The van der Waals surface area contributed by atoms with E-state index in [4.69, 9.17) is 0 Å². The number of anilines is 1. The Morgan fingerprint density at radius 3 is 3.00 bits per heavy atom. The molecule has 1 N–H and O–H groups in total. The molecule has 0 saturated heterocycles. The van der Waals surface area contributed by atoms with Crippen LogP contribution in [0.25, 0.3) is 0 Å². The highest BCUT2D eigenvalue weighted by Gasteiger charge is 2.17. The zero-order valence-corrected chi connectivity index (χ0v) is 8.96. The molecule has 14 heavy (non-hydrogen) atoms. The third-order valence-corrected chi connectivity index (χ3v) is 3.06. The molecule has 1 atom stereocenters. The van der Waals surface area contributed by atoms with Crippen LogP contribution in [0.5, 0.6) is 0 Å². The van der Waals surface area contributed by atoms with E-state index in [0.717, 1.165) is 13.1 Å². The fraction of sp³-hybridized carbons (Fsp3) is 0.500. The number of fused-ring (bicyclic) bond motifs is 1. The number of nitrogens with zero attached hydrogens (tertiary/aromatic N) is 1. The molecule has 1 aliphatic heterocycles. The number of rotatable bonds is 1. The standard InChI is InChI=1S/C12H18N2/c1-3-11-8-13-12-7-5-4-6-10(12)9-14(11)2/h4-7,11,13H,3,8-9H2,1-2H3. The first kappa shape index (κ1) is 9.53. The predicted octanol–water partition coefficient (Wildman–Crippen LogP) is 2.32. The minimum atomic E-state index is 0.655. The van der Waals surface area contributed by atoms with Gasteiger partial charge in [0.15, 0.2) is 0 Å². The van der Waals surface area contributed by atoms with E-state index >= 15 is 0 Å². The highest BCUT2D eigenvalue weighted by Crippen LogP contribution is 2.21. The highest BCUT2D eigenvalue weighted by molar-refractivity contribution is 5.51. The van der Waals surface area contributed by atoms with Crippen LogP contribution in [-0.2, 0) is 6.54 Å². The zero-order chi connectivity index (χ0) is 9.97. The number of hydrogen-bond donors (Lipinski definition) is 1. The Hall–Kier alpha value is -1.02. The van der Waals surface area contributed by atoms with Gasteiger partial charge in [0.1, 0.15) is 0 Å². The lowest BCUT2D eigenvalue weighted by atomic mass is 10.1. The second-order valence-corrected chi connectivity index (χ2v) is 4.02. The van der Waals surface area contributed by atoms with Crippen molar-refractivity contribution in [2.75, 3.05) is 18.9 Å². The van der Waals surface area contributed by atoms with Crippen LogP contribution in [0.15, 0.2) is 24.3 Å². The van der Waals surface area contributed by atoms with Crippen molar-refractivity contribution in [1.82, 2.24) is 4.90 Å². The van der Waals surface area contributed by atoms with Gasteiger partial charge in [-0.1, -0.05) is 25.1 Å². The summed E-state index contributed by atoms with van der Waals surface area (Å²) in [6.07, 6.45) is 1.21. The van der Waals surface area contributed by atoms with Gasteiger partial charge in [0.05, 0.1) is 0 Å². The van der Waals surface area contributed by atoms with Gasteiger partial charge in [-0.05, 0) is 25.1 Å². The summed E-state index contributed by atoms with van der Waals surface area (Å²) in [7, 11) is 2.21. The lowest BCUT2D eigenvalue weighted by molar-refractivity contribution is 0.242. The summed E-state index contributed by atoms with van der Waals surface area (Å²) in [6.45, 7) is 4.37. The Labute approximate surface area is 85.9 Å². The Balaban J connectivity index is 2.23. The van der Waals surface area contributed by atoms with E-state index in [0.29, 0.717) is 6.04 Å². The van der Waals surface area contributed by atoms with Crippen molar-refractivity contribution in [3.63, 3.8) is 0 Å². The molecule has 2 nitrogen and oxygen atoms in total. The molecule has 0 fully saturated rings. The van der Waals surface area contributed by atoms with Crippen LogP contribution < -0.4 is 5.32 Å². The maximum absolute atomic E-state index is 3.51. The zero-order valence-electron chi connectivity index (χ0n) is 8.96. The van der Waals surface area contributed by atoms with Crippen molar-refractivity contribution in [2.45, 2.75) is 25.9 Å². The third kappa shape index (κ3) is 1.75. The summed E-state index contributed by atoms with van der Waals surface area (Å²) >= 11 is 0. The van der Waals surface area contributed by atoms with Gasteiger partial charge in [-0.2, -0.15) is 0 Å². The number of benzene rings is 1. The van der Waals surface area contributed by atoms with Gasteiger partial charge in [0.2, 0.25) is 0 Å². The lowest BCUT2D eigenvalue weighted by Gasteiger charge is -2.23. The molecule has 0 bridgehead atoms. The van der Waals surface area contributed by atoms with Crippen LogP contribution in [0.4, 0.5) is 5.69 Å². The molecule has 2 heteroatoms. The molecule has 1 unspecified atom stereocenters. The average Bonchev–Trinajstić information content (AvgIpc) is 2.36. The summed E-state index contributed by atoms with van der Waals surface area (Å²) < 4.78 is 0. The van der Waals surface area contributed by atoms with E-state index in [2.05, 4.69) is 48.5 Å². The summed E-state index contributed by atoms with van der Waals surface area (Å²) in [5.41, 5.74) is 2.71. The Bertz CT molecular complexity index is 309. The molecule has 1 heterocycles. The van der Waals surface area contributed by atoms with Crippen molar-refractivity contribution in [2.24, 2.45) is 0 Å². The molecule has 0 saturated carbocycles. The van der Waals surface area contributed by atoms with Crippen LogP contribution in [-0.4, -0.2) is 24.5 Å². The van der Waals surface area contributed by atoms with E-state index in [9.17, 15) is 0 Å². The maximum Gasteiger partial charge on any atom is 0.0386 e. The topological polar surface area (TPSA) is 15.3 Å². The van der Waals surface area contributed by atoms with Crippen LogP contribution >= 0.6 is 0 Å².